The fourth-order valence-electron chi connectivity index (χ4n) is 3.19. The number of nitrogens with one attached hydrogen (secondary N) is 3. The van der Waals surface area contributed by atoms with Gasteiger partial charge in [-0.3, -0.25) is 0 Å². The Labute approximate surface area is 169 Å². The van der Waals surface area contributed by atoms with Crippen LogP contribution in [0, 0.1) is 0 Å². The number of para-hydroxylation sites is 1. The van der Waals surface area contributed by atoms with E-state index in [1.165, 1.54) is 11.1 Å². The number of anilines is 4. The summed E-state index contributed by atoms with van der Waals surface area (Å²) in [5.74, 6) is 0.898. The van der Waals surface area contributed by atoms with E-state index in [1.807, 2.05) is 30.3 Å². The van der Waals surface area contributed by atoms with Crippen LogP contribution in [0.1, 0.15) is 11.1 Å². The number of hydrogen-bond acceptors (Lipinski definition) is 6. The maximum absolute atomic E-state index is 12.6. The maximum atomic E-state index is 12.6. The molecule has 4 rings (SSSR count). The molecule has 0 radical (unpaired) electrons. The summed E-state index contributed by atoms with van der Waals surface area (Å²) in [5, 5.41) is 10.9. The van der Waals surface area contributed by atoms with Gasteiger partial charge in [0, 0.05) is 24.1 Å². The quantitative estimate of drug-likeness (QED) is 0.536. The lowest BCUT2D eigenvalue weighted by Gasteiger charge is -2.16. The molecule has 0 unspecified atom stereocenters. The van der Waals surface area contributed by atoms with E-state index in [-0.39, 0.29) is 0 Å². The predicted molar refractivity (Wildman–Crippen MR) is 116 cm³/mol. The van der Waals surface area contributed by atoms with Gasteiger partial charge in [0.15, 0.2) is 5.82 Å². The summed E-state index contributed by atoms with van der Waals surface area (Å²) in [7, 11) is -2.45. The summed E-state index contributed by atoms with van der Waals surface area (Å²) < 4.78 is 12.6. The minimum absolute atomic E-state index is 0.389. The summed E-state index contributed by atoms with van der Waals surface area (Å²) in [4.78, 5) is 8.78. The average molecular weight is 414 g/mol. The zero-order chi connectivity index (χ0) is 19.7. The summed E-state index contributed by atoms with van der Waals surface area (Å²) >= 11 is 6.30. The first kappa shape index (κ1) is 18.9. The Kier molecular flexibility index (Phi) is 5.11. The summed E-state index contributed by atoms with van der Waals surface area (Å²) in [6.45, 7) is 5.25. The second-order valence-corrected chi connectivity index (χ2v) is 10.7. The molecule has 28 heavy (non-hydrogen) atoms. The van der Waals surface area contributed by atoms with Crippen LogP contribution in [-0.2, 0) is 17.7 Å². The third-order valence-corrected chi connectivity index (χ3v) is 6.40. The van der Waals surface area contributed by atoms with E-state index in [1.54, 1.807) is 19.5 Å². The molecule has 3 N–H and O–H groups in total. The van der Waals surface area contributed by atoms with Gasteiger partial charge in [0.2, 0.25) is 5.95 Å². The molecule has 0 amide bonds. The molecule has 1 aliphatic heterocycles. The second kappa shape index (κ2) is 7.55. The number of aromatic nitrogens is 2. The van der Waals surface area contributed by atoms with Gasteiger partial charge in [-0.05, 0) is 48.7 Å². The van der Waals surface area contributed by atoms with Crippen LogP contribution in [0.25, 0.3) is 0 Å². The largest absolute Gasteiger partial charge is 0.338 e. The van der Waals surface area contributed by atoms with E-state index in [0.717, 1.165) is 29.8 Å². The highest BCUT2D eigenvalue weighted by molar-refractivity contribution is 7.70. The van der Waals surface area contributed by atoms with Gasteiger partial charge in [-0.2, -0.15) is 4.98 Å². The van der Waals surface area contributed by atoms with Crippen LogP contribution < -0.4 is 21.3 Å². The first-order valence-electron chi connectivity index (χ1n) is 8.94. The first-order chi connectivity index (χ1) is 13.4. The molecule has 2 heterocycles. The Morgan fingerprint density at radius 3 is 2.68 bits per heavy atom. The standard InChI is InChI=1S/C20H21ClN5OP/c1-28(2,27)18-6-4-3-5-17(18)25-19-16(21)12-23-20(26-19)24-15-8-7-13-10-22-11-14(13)9-15/h3-9,12,22H,10-11H2,1-2H3,(H2,23,24,25,26). The van der Waals surface area contributed by atoms with Gasteiger partial charge < -0.3 is 20.5 Å². The molecule has 8 heteroatoms. The van der Waals surface area contributed by atoms with Crippen LogP contribution in [0.3, 0.4) is 0 Å². The number of benzene rings is 2. The normalized spacial score (nSPS) is 13.2. The fourth-order valence-corrected chi connectivity index (χ4v) is 4.49. The van der Waals surface area contributed by atoms with E-state index in [2.05, 4.69) is 38.1 Å². The summed E-state index contributed by atoms with van der Waals surface area (Å²) in [6, 6.07) is 13.7. The SMILES string of the molecule is CP(C)(=O)c1ccccc1Nc1nc(Nc2ccc3c(c2)CNC3)ncc1Cl. The minimum Gasteiger partial charge on any atom is -0.338 e. The van der Waals surface area contributed by atoms with Crippen molar-refractivity contribution in [2.45, 2.75) is 13.1 Å². The maximum Gasteiger partial charge on any atom is 0.229 e. The molecule has 0 atom stereocenters. The zero-order valence-electron chi connectivity index (χ0n) is 15.7. The molecule has 2 aromatic carbocycles. The fraction of sp³-hybridized carbons (Fsp3) is 0.200. The second-order valence-electron chi connectivity index (χ2n) is 7.10. The van der Waals surface area contributed by atoms with Gasteiger partial charge in [0.25, 0.3) is 0 Å². The minimum atomic E-state index is -2.45. The van der Waals surface area contributed by atoms with Crippen molar-refractivity contribution in [3.8, 4) is 0 Å². The van der Waals surface area contributed by atoms with Gasteiger partial charge in [-0.15, -0.1) is 0 Å². The van der Waals surface area contributed by atoms with Crippen molar-refractivity contribution in [1.29, 1.82) is 0 Å². The smallest absolute Gasteiger partial charge is 0.229 e. The predicted octanol–water partition coefficient (Wildman–Crippen LogP) is 4.47. The number of hydrogen-bond donors (Lipinski definition) is 3. The lowest BCUT2D eigenvalue weighted by molar-refractivity contribution is 0.588. The Bertz CT molecular complexity index is 1080. The molecule has 3 aromatic rings. The Morgan fingerprint density at radius 1 is 1.07 bits per heavy atom. The van der Waals surface area contributed by atoms with Crippen LogP contribution in [0.4, 0.5) is 23.1 Å². The first-order valence-corrected chi connectivity index (χ1v) is 11.9. The van der Waals surface area contributed by atoms with Crippen LogP contribution >= 0.6 is 18.7 Å². The summed E-state index contributed by atoms with van der Waals surface area (Å²) in [6.07, 6.45) is 1.55. The molecule has 6 nitrogen and oxygen atoms in total. The van der Waals surface area contributed by atoms with Gasteiger partial charge in [-0.25, -0.2) is 4.98 Å². The van der Waals surface area contributed by atoms with Crippen molar-refractivity contribution in [3.63, 3.8) is 0 Å². The van der Waals surface area contributed by atoms with Crippen LogP contribution in [0.2, 0.25) is 5.02 Å². The molecule has 0 saturated heterocycles. The Hall–Kier alpha value is -2.40. The lowest BCUT2D eigenvalue weighted by Crippen LogP contribution is -2.11. The highest BCUT2D eigenvalue weighted by atomic mass is 35.5. The lowest BCUT2D eigenvalue weighted by atomic mass is 10.1. The van der Waals surface area contributed by atoms with Gasteiger partial charge in [-0.1, -0.05) is 29.8 Å². The van der Waals surface area contributed by atoms with Crippen LogP contribution in [0.5, 0.6) is 0 Å². The average Bonchev–Trinajstić information content (AvgIpc) is 3.12. The third-order valence-electron chi connectivity index (χ3n) is 4.57. The number of nitrogens with zero attached hydrogens (tertiary/aromatic N) is 2. The van der Waals surface area contributed by atoms with E-state index in [9.17, 15) is 4.57 Å². The Morgan fingerprint density at radius 2 is 1.86 bits per heavy atom. The highest BCUT2D eigenvalue weighted by Gasteiger charge is 2.17. The van der Waals surface area contributed by atoms with Crippen LogP contribution in [0.15, 0.2) is 48.7 Å². The molecular formula is C20H21ClN5OP. The van der Waals surface area contributed by atoms with Crippen molar-refractivity contribution in [1.82, 2.24) is 15.3 Å². The molecule has 0 fully saturated rings. The molecule has 0 aliphatic carbocycles. The number of halogens is 1. The molecule has 1 aromatic heterocycles. The van der Waals surface area contributed by atoms with E-state index < -0.39 is 7.14 Å². The highest BCUT2D eigenvalue weighted by Crippen LogP contribution is 2.38. The molecule has 1 aliphatic rings. The van der Waals surface area contributed by atoms with Crippen molar-refractivity contribution in [2.75, 3.05) is 24.0 Å². The van der Waals surface area contributed by atoms with Gasteiger partial charge >= 0.3 is 0 Å². The summed E-state index contributed by atoms with van der Waals surface area (Å²) in [5.41, 5.74) is 4.23. The molecular weight excluding hydrogens is 393 g/mol. The van der Waals surface area contributed by atoms with Crippen LogP contribution in [-0.4, -0.2) is 23.3 Å². The van der Waals surface area contributed by atoms with Gasteiger partial charge in [0.05, 0.1) is 11.9 Å². The third kappa shape index (κ3) is 4.04. The molecule has 0 spiro atoms. The van der Waals surface area contributed by atoms with E-state index in [4.69, 9.17) is 11.6 Å². The van der Waals surface area contributed by atoms with Crippen molar-refractivity contribution in [2.24, 2.45) is 0 Å². The number of fused-ring (bicyclic) bond motifs is 1. The topological polar surface area (TPSA) is 78.9 Å². The van der Waals surface area contributed by atoms with Gasteiger partial charge in [0.1, 0.15) is 12.2 Å². The van der Waals surface area contributed by atoms with E-state index in [0.29, 0.717) is 16.8 Å². The van der Waals surface area contributed by atoms with Crippen molar-refractivity contribution >= 4 is 47.2 Å². The van der Waals surface area contributed by atoms with Crippen molar-refractivity contribution in [3.05, 3.63) is 64.8 Å². The number of rotatable bonds is 5. The zero-order valence-corrected chi connectivity index (χ0v) is 17.3. The monoisotopic (exact) mass is 413 g/mol. The van der Waals surface area contributed by atoms with Crippen molar-refractivity contribution < 1.29 is 4.57 Å². The molecule has 144 valence electrons. The molecule has 0 bridgehead atoms. The molecule has 0 saturated carbocycles. The van der Waals surface area contributed by atoms with E-state index >= 15 is 0 Å². The Balaban J connectivity index is 1.61.